The Balaban J connectivity index is 0.972. The van der Waals surface area contributed by atoms with Crippen molar-refractivity contribution >= 4 is 39.3 Å². The largest absolute Gasteiger partial charge is 0.369 e. The Hall–Kier alpha value is -9.90. The molecule has 12 aromatic rings. The topological polar surface area (TPSA) is 55.7 Å². The van der Waals surface area contributed by atoms with Gasteiger partial charge in [-0.05, 0) is 156 Å². The predicted molar refractivity (Wildman–Crippen MR) is 325 cm³/mol. The van der Waals surface area contributed by atoms with Crippen LogP contribution in [0.5, 0.6) is 0 Å². The summed E-state index contributed by atoms with van der Waals surface area (Å²) in [4.78, 5) is 10.8. The zero-order chi connectivity index (χ0) is 52.0. The number of aromatic nitrogens is 1. The molecule has 0 unspecified atom stereocenters. The Morgan fingerprint density at radius 2 is 0.779 bits per heavy atom. The molecule has 1 aromatic heterocycles. The standard InChI is InChI=1S/C73H54N4/c1-48(53-30-20-31-54(38-53)61-42-57(49-22-8-4-9-23-49)40-58(43-61)50-24-10-5-11-25-50)75-71(56-33-21-32-55(39-56)62-44-59(51-26-12-6-13-27-51)41-60(45-62)52-28-14-7-15-29-52)76-72(74)77-69-37-19-17-35-64(69)66-46-65-63-34-16-18-36-67(63)73(2,3)68(65)47-70(66)77/h4-47H,1H2,2-3H3,(H2,74,75,76). The highest BCUT2D eigenvalue weighted by molar-refractivity contribution is 6.18. The van der Waals surface area contributed by atoms with Gasteiger partial charge in [-0.2, -0.15) is 4.99 Å². The van der Waals surface area contributed by atoms with Crippen molar-refractivity contribution < 1.29 is 0 Å². The summed E-state index contributed by atoms with van der Waals surface area (Å²) in [7, 11) is 0. The summed E-state index contributed by atoms with van der Waals surface area (Å²) in [5.74, 6) is 0.748. The molecular weight excluding hydrogens is 933 g/mol. The third-order valence-electron chi connectivity index (χ3n) is 15.3. The first-order chi connectivity index (χ1) is 37.7. The monoisotopic (exact) mass is 986 g/mol. The summed E-state index contributed by atoms with van der Waals surface area (Å²) in [6.45, 7) is 9.29. The molecule has 0 saturated carbocycles. The van der Waals surface area contributed by atoms with Crippen molar-refractivity contribution in [1.29, 1.82) is 0 Å². The summed E-state index contributed by atoms with van der Waals surface area (Å²) >= 11 is 0. The molecule has 0 amide bonds. The first kappa shape index (κ1) is 46.9. The molecule has 366 valence electrons. The van der Waals surface area contributed by atoms with Crippen LogP contribution in [0.25, 0.3) is 105 Å². The van der Waals surface area contributed by atoms with E-state index in [4.69, 9.17) is 15.7 Å². The van der Waals surface area contributed by atoms with E-state index in [-0.39, 0.29) is 5.41 Å². The molecule has 0 aliphatic heterocycles. The van der Waals surface area contributed by atoms with Gasteiger partial charge in [-0.25, -0.2) is 4.99 Å². The smallest absolute Gasteiger partial charge is 0.207 e. The molecule has 0 fully saturated rings. The highest BCUT2D eigenvalue weighted by Gasteiger charge is 2.36. The van der Waals surface area contributed by atoms with Crippen molar-refractivity contribution in [3.63, 3.8) is 0 Å². The van der Waals surface area contributed by atoms with Gasteiger partial charge in [-0.15, -0.1) is 0 Å². The van der Waals surface area contributed by atoms with Crippen molar-refractivity contribution in [3.05, 3.63) is 296 Å². The maximum atomic E-state index is 7.47. The van der Waals surface area contributed by atoms with Crippen LogP contribution < -0.4 is 5.73 Å². The lowest BCUT2D eigenvalue weighted by atomic mass is 9.82. The van der Waals surface area contributed by atoms with Crippen LogP contribution in [0, 0.1) is 0 Å². The SMILES string of the molecule is C=C(N=C(N=C(N)n1c2ccccc2c2cc3c(cc21)C(C)(C)c1ccccc1-3)c1cccc(-c2cc(-c3ccccc3)cc(-c3ccccc3)c2)c1)c1cccc(-c2cc(-c3ccccc3)cc(-c3ccccc3)c2)c1. The number of amidine groups is 1. The minimum absolute atomic E-state index is 0.211. The second-order valence-electron chi connectivity index (χ2n) is 20.5. The maximum absolute atomic E-state index is 7.47. The molecular formula is C73H54N4. The predicted octanol–water partition coefficient (Wildman–Crippen LogP) is 18.4. The van der Waals surface area contributed by atoms with E-state index >= 15 is 0 Å². The van der Waals surface area contributed by atoms with Crippen molar-refractivity contribution in [1.82, 2.24) is 4.57 Å². The Labute approximate surface area is 450 Å². The zero-order valence-electron chi connectivity index (χ0n) is 43.0. The van der Waals surface area contributed by atoms with Crippen LogP contribution >= 0.6 is 0 Å². The number of hydrogen-bond acceptors (Lipinski definition) is 1. The van der Waals surface area contributed by atoms with Crippen LogP contribution in [0.1, 0.15) is 36.1 Å². The van der Waals surface area contributed by atoms with Crippen LogP contribution in [0.3, 0.4) is 0 Å². The average molecular weight is 987 g/mol. The Morgan fingerprint density at radius 3 is 1.31 bits per heavy atom. The number of rotatable bonds is 9. The van der Waals surface area contributed by atoms with Gasteiger partial charge in [0.1, 0.15) is 0 Å². The molecule has 11 aromatic carbocycles. The van der Waals surface area contributed by atoms with Crippen LogP contribution in [0.15, 0.2) is 283 Å². The quantitative estimate of drug-likeness (QED) is 0.114. The first-order valence-corrected chi connectivity index (χ1v) is 26.3. The Morgan fingerprint density at radius 1 is 0.351 bits per heavy atom. The van der Waals surface area contributed by atoms with Gasteiger partial charge in [-0.1, -0.05) is 221 Å². The molecule has 4 heteroatoms. The minimum Gasteiger partial charge on any atom is -0.369 e. The number of benzene rings is 11. The zero-order valence-corrected chi connectivity index (χ0v) is 43.0. The van der Waals surface area contributed by atoms with Crippen LogP contribution in [-0.4, -0.2) is 16.4 Å². The van der Waals surface area contributed by atoms with Crippen molar-refractivity contribution in [2.75, 3.05) is 0 Å². The third kappa shape index (κ3) is 8.76. The van der Waals surface area contributed by atoms with Gasteiger partial charge in [0, 0.05) is 27.3 Å². The van der Waals surface area contributed by atoms with Gasteiger partial charge < -0.3 is 5.73 Å². The van der Waals surface area contributed by atoms with E-state index in [0.717, 1.165) is 99.7 Å². The molecule has 2 N–H and O–H groups in total. The number of nitrogens with two attached hydrogens (primary N) is 1. The summed E-state index contributed by atoms with van der Waals surface area (Å²) < 4.78 is 2.10. The molecule has 0 radical (unpaired) electrons. The highest BCUT2D eigenvalue weighted by Crippen LogP contribution is 2.51. The highest BCUT2D eigenvalue weighted by atomic mass is 15.2. The third-order valence-corrected chi connectivity index (χ3v) is 15.3. The van der Waals surface area contributed by atoms with Gasteiger partial charge in [0.2, 0.25) is 5.96 Å². The van der Waals surface area contributed by atoms with Gasteiger partial charge in [0.05, 0.1) is 16.7 Å². The molecule has 1 heterocycles. The summed E-state index contributed by atoms with van der Waals surface area (Å²) in [5, 5.41) is 2.22. The molecule has 0 atom stereocenters. The lowest BCUT2D eigenvalue weighted by Crippen LogP contribution is -2.24. The number of hydrogen-bond donors (Lipinski definition) is 1. The van der Waals surface area contributed by atoms with Gasteiger partial charge in [0.25, 0.3) is 0 Å². The molecule has 0 saturated heterocycles. The number of aliphatic imine (C=N–C) groups is 2. The van der Waals surface area contributed by atoms with E-state index in [1.807, 2.05) is 0 Å². The summed E-state index contributed by atoms with van der Waals surface area (Å²) in [5.41, 5.74) is 29.9. The van der Waals surface area contributed by atoms with Crippen molar-refractivity contribution in [2.24, 2.45) is 15.7 Å². The molecule has 1 aliphatic carbocycles. The van der Waals surface area contributed by atoms with Crippen LogP contribution in [-0.2, 0) is 5.41 Å². The van der Waals surface area contributed by atoms with Gasteiger partial charge in [-0.3, -0.25) is 4.57 Å². The fourth-order valence-electron chi connectivity index (χ4n) is 11.4. The molecule has 13 rings (SSSR count). The van der Waals surface area contributed by atoms with Gasteiger partial charge in [0.15, 0.2) is 5.84 Å². The number of para-hydroxylation sites is 1. The molecule has 1 aliphatic rings. The fourth-order valence-corrected chi connectivity index (χ4v) is 11.4. The average Bonchev–Trinajstić information content (AvgIpc) is 4.18. The van der Waals surface area contributed by atoms with E-state index in [1.54, 1.807) is 0 Å². The minimum atomic E-state index is -0.211. The van der Waals surface area contributed by atoms with Gasteiger partial charge >= 0.3 is 0 Å². The second kappa shape index (κ2) is 19.4. The van der Waals surface area contributed by atoms with E-state index in [1.165, 1.54) is 22.3 Å². The second-order valence-corrected chi connectivity index (χ2v) is 20.5. The fraction of sp³-hybridized carbons (Fsp3) is 0.0411. The van der Waals surface area contributed by atoms with Crippen LogP contribution in [0.2, 0.25) is 0 Å². The van der Waals surface area contributed by atoms with Crippen LogP contribution in [0.4, 0.5) is 0 Å². The number of fused-ring (bicyclic) bond motifs is 6. The van der Waals surface area contributed by atoms with E-state index in [9.17, 15) is 0 Å². The summed E-state index contributed by atoms with van der Waals surface area (Å²) in [6, 6.07) is 94.8. The molecule has 0 bridgehead atoms. The summed E-state index contributed by atoms with van der Waals surface area (Å²) in [6.07, 6.45) is 0. The lowest BCUT2D eigenvalue weighted by molar-refractivity contribution is 0.661. The van der Waals surface area contributed by atoms with E-state index in [0.29, 0.717) is 17.5 Å². The molecule has 0 spiro atoms. The Bertz CT molecular complexity index is 4180. The van der Waals surface area contributed by atoms with Crippen molar-refractivity contribution in [2.45, 2.75) is 19.3 Å². The molecule has 4 nitrogen and oxygen atoms in total. The Kier molecular flexibility index (Phi) is 11.8. The maximum Gasteiger partial charge on any atom is 0.207 e. The van der Waals surface area contributed by atoms with Crippen molar-refractivity contribution in [3.8, 4) is 77.9 Å². The van der Waals surface area contributed by atoms with E-state index in [2.05, 4.69) is 292 Å². The normalized spacial score (nSPS) is 12.9. The van der Waals surface area contributed by atoms with E-state index < -0.39 is 0 Å². The first-order valence-electron chi connectivity index (χ1n) is 26.3. The lowest BCUT2D eigenvalue weighted by Gasteiger charge is -2.21. The molecule has 77 heavy (non-hydrogen) atoms. The number of nitrogens with zero attached hydrogens (tertiary/aromatic N) is 3.